The second-order valence-electron chi connectivity index (χ2n) is 5.79. The predicted octanol–water partition coefficient (Wildman–Crippen LogP) is 2.19. The fourth-order valence-electron chi connectivity index (χ4n) is 2.50. The Morgan fingerprint density at radius 1 is 1.25 bits per heavy atom. The van der Waals surface area contributed by atoms with E-state index in [1.54, 1.807) is 0 Å². The average molecular weight is 286 g/mol. The molecular formula is C15H30N2O3. The number of aliphatic hydroxyl groups is 1. The van der Waals surface area contributed by atoms with Crippen LogP contribution in [0.2, 0.25) is 0 Å². The summed E-state index contributed by atoms with van der Waals surface area (Å²) in [6.07, 6.45) is 6.54. The summed E-state index contributed by atoms with van der Waals surface area (Å²) in [5.74, 6) is 0. The summed E-state index contributed by atoms with van der Waals surface area (Å²) in [7, 11) is 0. The van der Waals surface area contributed by atoms with Gasteiger partial charge in [0.15, 0.2) is 0 Å². The van der Waals surface area contributed by atoms with Gasteiger partial charge in [0.25, 0.3) is 0 Å². The van der Waals surface area contributed by atoms with Gasteiger partial charge < -0.3 is 20.5 Å². The Hall–Kier alpha value is -0.810. The van der Waals surface area contributed by atoms with Gasteiger partial charge in [0.05, 0.1) is 5.60 Å². The topological polar surface area (TPSA) is 70.6 Å². The van der Waals surface area contributed by atoms with E-state index in [0.717, 1.165) is 32.1 Å². The maximum atomic E-state index is 11.9. The zero-order valence-electron chi connectivity index (χ0n) is 12.9. The highest BCUT2D eigenvalue weighted by Crippen LogP contribution is 2.19. The van der Waals surface area contributed by atoms with Crippen LogP contribution in [-0.2, 0) is 4.74 Å². The summed E-state index contributed by atoms with van der Waals surface area (Å²) in [5, 5.41) is 16.1. The lowest BCUT2D eigenvalue weighted by Gasteiger charge is -2.32. The number of carbonyl (C=O) groups excluding carboxylic acids is 1. The monoisotopic (exact) mass is 286 g/mol. The van der Waals surface area contributed by atoms with E-state index < -0.39 is 5.60 Å². The Kier molecular flexibility index (Phi) is 7.92. The van der Waals surface area contributed by atoms with Crippen molar-refractivity contribution in [3.8, 4) is 0 Å². The summed E-state index contributed by atoms with van der Waals surface area (Å²) in [6, 6.07) is 0.0729. The first-order valence-corrected chi connectivity index (χ1v) is 7.94. The van der Waals surface area contributed by atoms with Gasteiger partial charge in [-0.05, 0) is 12.8 Å². The molecule has 0 radical (unpaired) electrons. The van der Waals surface area contributed by atoms with Gasteiger partial charge in [-0.2, -0.15) is 0 Å². The SMILES string of the molecule is CCCCC(CCC)NC(=O)NCC1(O)CCOCC1. The van der Waals surface area contributed by atoms with Crippen LogP contribution < -0.4 is 10.6 Å². The van der Waals surface area contributed by atoms with E-state index in [9.17, 15) is 9.90 Å². The zero-order valence-corrected chi connectivity index (χ0v) is 12.9. The van der Waals surface area contributed by atoms with Crippen LogP contribution in [-0.4, -0.2) is 42.5 Å². The molecule has 5 heteroatoms. The van der Waals surface area contributed by atoms with Crippen LogP contribution in [0.4, 0.5) is 4.79 Å². The van der Waals surface area contributed by atoms with Crippen LogP contribution >= 0.6 is 0 Å². The molecule has 0 saturated carbocycles. The number of nitrogens with one attached hydrogen (secondary N) is 2. The molecular weight excluding hydrogens is 256 g/mol. The molecule has 1 rings (SSSR count). The van der Waals surface area contributed by atoms with Crippen LogP contribution in [0.3, 0.4) is 0 Å². The van der Waals surface area contributed by atoms with Crippen LogP contribution in [0, 0.1) is 0 Å². The Labute approximate surface area is 122 Å². The molecule has 1 aliphatic rings. The first-order valence-electron chi connectivity index (χ1n) is 7.94. The first-order chi connectivity index (χ1) is 9.59. The summed E-state index contributed by atoms with van der Waals surface area (Å²) in [5.41, 5.74) is -0.806. The summed E-state index contributed by atoms with van der Waals surface area (Å²) in [4.78, 5) is 11.9. The van der Waals surface area contributed by atoms with Crippen LogP contribution in [0.25, 0.3) is 0 Å². The normalized spacial score (nSPS) is 19.4. The van der Waals surface area contributed by atoms with Crippen molar-refractivity contribution in [2.45, 2.75) is 70.4 Å². The van der Waals surface area contributed by atoms with Gasteiger partial charge >= 0.3 is 6.03 Å². The van der Waals surface area contributed by atoms with Gasteiger partial charge in [-0.25, -0.2) is 4.79 Å². The van der Waals surface area contributed by atoms with E-state index >= 15 is 0 Å². The molecule has 0 spiro atoms. The molecule has 3 N–H and O–H groups in total. The molecule has 1 saturated heterocycles. The second-order valence-corrected chi connectivity index (χ2v) is 5.79. The number of ether oxygens (including phenoxy) is 1. The average Bonchev–Trinajstić information content (AvgIpc) is 2.44. The Bertz CT molecular complexity index is 278. The molecule has 118 valence electrons. The van der Waals surface area contributed by atoms with E-state index in [0.29, 0.717) is 32.6 Å². The summed E-state index contributed by atoms with van der Waals surface area (Å²) < 4.78 is 5.22. The third-order valence-corrected chi connectivity index (χ3v) is 3.88. The van der Waals surface area contributed by atoms with E-state index in [2.05, 4.69) is 24.5 Å². The highest BCUT2D eigenvalue weighted by atomic mass is 16.5. The fraction of sp³-hybridized carbons (Fsp3) is 0.933. The van der Waals surface area contributed by atoms with Crippen molar-refractivity contribution in [1.29, 1.82) is 0 Å². The largest absolute Gasteiger partial charge is 0.388 e. The van der Waals surface area contributed by atoms with Crippen molar-refractivity contribution in [2.24, 2.45) is 0 Å². The van der Waals surface area contributed by atoms with Crippen LogP contribution in [0.1, 0.15) is 58.8 Å². The third-order valence-electron chi connectivity index (χ3n) is 3.88. The Balaban J connectivity index is 2.29. The van der Waals surface area contributed by atoms with Crippen LogP contribution in [0.15, 0.2) is 0 Å². The number of hydrogen-bond acceptors (Lipinski definition) is 3. The molecule has 20 heavy (non-hydrogen) atoms. The van der Waals surface area contributed by atoms with Crippen molar-refractivity contribution in [1.82, 2.24) is 10.6 Å². The Morgan fingerprint density at radius 2 is 1.95 bits per heavy atom. The van der Waals surface area contributed by atoms with Crippen molar-refractivity contribution < 1.29 is 14.6 Å². The maximum absolute atomic E-state index is 11.9. The maximum Gasteiger partial charge on any atom is 0.315 e. The van der Waals surface area contributed by atoms with E-state index in [-0.39, 0.29) is 12.1 Å². The van der Waals surface area contributed by atoms with Crippen molar-refractivity contribution in [2.75, 3.05) is 19.8 Å². The predicted molar refractivity (Wildman–Crippen MR) is 79.8 cm³/mol. The van der Waals surface area contributed by atoms with Gasteiger partial charge in [-0.15, -0.1) is 0 Å². The molecule has 1 heterocycles. The molecule has 1 aliphatic heterocycles. The molecule has 0 bridgehead atoms. The van der Waals surface area contributed by atoms with Crippen molar-refractivity contribution in [3.63, 3.8) is 0 Å². The van der Waals surface area contributed by atoms with Crippen molar-refractivity contribution in [3.05, 3.63) is 0 Å². The smallest absolute Gasteiger partial charge is 0.315 e. The quantitative estimate of drug-likeness (QED) is 0.640. The third kappa shape index (κ3) is 6.57. The number of amides is 2. The second kappa shape index (κ2) is 9.19. The van der Waals surface area contributed by atoms with Gasteiger partial charge in [-0.1, -0.05) is 33.1 Å². The Morgan fingerprint density at radius 3 is 2.55 bits per heavy atom. The lowest BCUT2D eigenvalue weighted by molar-refractivity contribution is -0.0600. The number of carbonyl (C=O) groups is 1. The molecule has 2 amide bonds. The molecule has 0 aliphatic carbocycles. The molecule has 5 nitrogen and oxygen atoms in total. The lowest BCUT2D eigenvalue weighted by atomic mass is 9.94. The number of hydrogen-bond donors (Lipinski definition) is 3. The molecule has 1 fully saturated rings. The van der Waals surface area contributed by atoms with Gasteiger partial charge in [-0.3, -0.25) is 0 Å². The first kappa shape index (κ1) is 17.2. The lowest BCUT2D eigenvalue weighted by Crippen LogP contribution is -2.50. The molecule has 1 unspecified atom stereocenters. The number of unbranched alkanes of at least 4 members (excludes halogenated alkanes) is 1. The number of rotatable bonds is 8. The minimum atomic E-state index is -0.806. The highest BCUT2D eigenvalue weighted by Gasteiger charge is 2.30. The molecule has 0 aromatic heterocycles. The molecule has 1 atom stereocenters. The minimum Gasteiger partial charge on any atom is -0.388 e. The van der Waals surface area contributed by atoms with Crippen molar-refractivity contribution >= 4 is 6.03 Å². The molecule has 0 aromatic rings. The standard InChI is InChI=1S/C15H30N2O3/c1-3-5-7-13(6-4-2)17-14(18)16-12-15(19)8-10-20-11-9-15/h13,19H,3-12H2,1-2H3,(H2,16,17,18). The summed E-state index contributed by atoms with van der Waals surface area (Å²) >= 11 is 0. The summed E-state index contributed by atoms with van der Waals surface area (Å²) in [6.45, 7) is 5.71. The van der Waals surface area contributed by atoms with Gasteiger partial charge in [0.2, 0.25) is 0 Å². The minimum absolute atomic E-state index is 0.167. The van der Waals surface area contributed by atoms with Gasteiger partial charge in [0, 0.05) is 38.6 Å². The van der Waals surface area contributed by atoms with Gasteiger partial charge in [0.1, 0.15) is 0 Å². The van der Waals surface area contributed by atoms with E-state index in [4.69, 9.17) is 4.74 Å². The number of urea groups is 1. The molecule has 0 aromatic carbocycles. The fourth-order valence-corrected chi connectivity index (χ4v) is 2.50. The van der Waals surface area contributed by atoms with Crippen LogP contribution in [0.5, 0.6) is 0 Å². The van der Waals surface area contributed by atoms with E-state index in [1.165, 1.54) is 0 Å². The highest BCUT2D eigenvalue weighted by molar-refractivity contribution is 5.74. The van der Waals surface area contributed by atoms with E-state index in [1.807, 2.05) is 0 Å². The zero-order chi connectivity index (χ0) is 14.8.